The van der Waals surface area contributed by atoms with Gasteiger partial charge in [0, 0.05) is 16.1 Å². The molecule has 0 aliphatic heterocycles. The first kappa shape index (κ1) is 15.6. The number of aliphatic hydroxyl groups excluding tert-OH is 2. The predicted molar refractivity (Wildman–Crippen MR) is 69.1 cm³/mol. The van der Waals surface area contributed by atoms with Gasteiger partial charge in [0.25, 0.3) is 0 Å². The molecule has 1 rings (SSSR count). The summed E-state index contributed by atoms with van der Waals surface area (Å²) in [7, 11) is 0. The van der Waals surface area contributed by atoms with Gasteiger partial charge >= 0.3 is 5.97 Å². The molecule has 2 atom stereocenters. The Balaban J connectivity index is 2.83. The molecule has 0 amide bonds. The molecule has 0 bridgehead atoms. The van der Waals surface area contributed by atoms with E-state index in [9.17, 15) is 19.8 Å². The van der Waals surface area contributed by atoms with Crippen molar-refractivity contribution in [1.29, 1.82) is 0 Å². The second kappa shape index (κ2) is 7.23. The van der Waals surface area contributed by atoms with Gasteiger partial charge in [-0.1, -0.05) is 17.7 Å². The zero-order valence-corrected chi connectivity index (χ0v) is 11.1. The minimum absolute atomic E-state index is 0.197. The number of esters is 1. The zero-order valence-electron chi connectivity index (χ0n) is 10.4. The SMILES string of the molecule is CCOC(=O)CC(O)C(O)c1cc(C=O)ccc1Cl. The fourth-order valence-corrected chi connectivity index (χ4v) is 1.80. The predicted octanol–water partition coefficient (Wildman–Crippen LogP) is 1.50. The van der Waals surface area contributed by atoms with Gasteiger partial charge < -0.3 is 14.9 Å². The Morgan fingerprint density at radius 1 is 1.47 bits per heavy atom. The maximum absolute atomic E-state index is 11.2. The highest BCUT2D eigenvalue weighted by atomic mass is 35.5. The van der Waals surface area contributed by atoms with Gasteiger partial charge in [0.2, 0.25) is 0 Å². The molecular formula is C13H15ClO5. The number of rotatable bonds is 6. The van der Waals surface area contributed by atoms with Crippen molar-refractivity contribution in [3.05, 3.63) is 34.3 Å². The largest absolute Gasteiger partial charge is 0.466 e. The van der Waals surface area contributed by atoms with Crippen LogP contribution in [0.4, 0.5) is 0 Å². The molecular weight excluding hydrogens is 272 g/mol. The molecule has 0 aliphatic carbocycles. The number of hydrogen-bond donors (Lipinski definition) is 2. The molecule has 2 unspecified atom stereocenters. The zero-order chi connectivity index (χ0) is 14.4. The molecule has 19 heavy (non-hydrogen) atoms. The molecule has 0 radical (unpaired) electrons. The second-order valence-corrected chi connectivity index (χ2v) is 4.33. The Kier molecular flexibility index (Phi) is 5.95. The van der Waals surface area contributed by atoms with Gasteiger partial charge in [-0.3, -0.25) is 9.59 Å². The molecule has 0 aliphatic rings. The highest BCUT2D eigenvalue weighted by Crippen LogP contribution is 2.27. The quantitative estimate of drug-likeness (QED) is 0.611. The van der Waals surface area contributed by atoms with Crippen LogP contribution in [-0.2, 0) is 9.53 Å². The van der Waals surface area contributed by atoms with E-state index in [1.807, 2.05) is 0 Å². The third kappa shape index (κ3) is 4.31. The first-order valence-corrected chi connectivity index (χ1v) is 6.13. The highest BCUT2D eigenvalue weighted by molar-refractivity contribution is 6.31. The number of aliphatic hydroxyl groups is 2. The number of aldehydes is 1. The average Bonchev–Trinajstić information content (AvgIpc) is 2.38. The van der Waals surface area contributed by atoms with Crippen LogP contribution in [0, 0.1) is 0 Å². The summed E-state index contributed by atoms with van der Waals surface area (Å²) in [6.07, 6.45) is -2.46. The van der Waals surface area contributed by atoms with Crippen molar-refractivity contribution in [3.8, 4) is 0 Å². The van der Waals surface area contributed by atoms with Crippen molar-refractivity contribution in [2.75, 3.05) is 6.61 Å². The van der Waals surface area contributed by atoms with Gasteiger partial charge in [-0.15, -0.1) is 0 Å². The molecule has 5 nitrogen and oxygen atoms in total. The van der Waals surface area contributed by atoms with Crippen LogP contribution in [0.3, 0.4) is 0 Å². The number of halogens is 1. The van der Waals surface area contributed by atoms with E-state index in [1.165, 1.54) is 18.2 Å². The third-order valence-corrected chi connectivity index (χ3v) is 2.86. The smallest absolute Gasteiger partial charge is 0.308 e. The van der Waals surface area contributed by atoms with Crippen LogP contribution in [0.15, 0.2) is 18.2 Å². The summed E-state index contributed by atoms with van der Waals surface area (Å²) in [5.74, 6) is -0.614. The number of carbonyl (C=O) groups excluding carboxylic acids is 2. The van der Waals surface area contributed by atoms with Crippen LogP contribution in [-0.4, -0.2) is 35.2 Å². The Hall–Kier alpha value is -1.43. The Morgan fingerprint density at radius 2 is 2.16 bits per heavy atom. The third-order valence-electron chi connectivity index (χ3n) is 2.52. The maximum Gasteiger partial charge on any atom is 0.308 e. The van der Waals surface area contributed by atoms with Gasteiger partial charge in [-0.25, -0.2) is 0 Å². The summed E-state index contributed by atoms with van der Waals surface area (Å²) in [6.45, 7) is 1.84. The minimum Gasteiger partial charge on any atom is -0.466 e. The van der Waals surface area contributed by atoms with E-state index in [4.69, 9.17) is 11.6 Å². The van der Waals surface area contributed by atoms with E-state index in [2.05, 4.69) is 4.74 Å². The van der Waals surface area contributed by atoms with Crippen molar-refractivity contribution < 1.29 is 24.5 Å². The summed E-state index contributed by atoms with van der Waals surface area (Å²) in [6, 6.07) is 4.30. The van der Waals surface area contributed by atoms with E-state index < -0.39 is 18.2 Å². The average molecular weight is 287 g/mol. The van der Waals surface area contributed by atoms with Crippen LogP contribution in [0.5, 0.6) is 0 Å². The monoisotopic (exact) mass is 286 g/mol. The minimum atomic E-state index is -1.36. The lowest BCUT2D eigenvalue weighted by Crippen LogP contribution is -2.23. The van der Waals surface area contributed by atoms with Crippen molar-refractivity contribution in [2.45, 2.75) is 25.6 Å². The molecule has 2 N–H and O–H groups in total. The van der Waals surface area contributed by atoms with E-state index in [0.29, 0.717) is 11.8 Å². The first-order chi connectivity index (χ1) is 8.99. The summed E-state index contributed by atoms with van der Waals surface area (Å²) in [5.41, 5.74) is 0.518. The molecule has 0 spiro atoms. The van der Waals surface area contributed by atoms with Gasteiger partial charge in [0.15, 0.2) is 0 Å². The lowest BCUT2D eigenvalue weighted by molar-refractivity contribution is -0.147. The van der Waals surface area contributed by atoms with Gasteiger partial charge in [-0.05, 0) is 19.1 Å². The molecule has 1 aromatic carbocycles. The molecule has 0 saturated heterocycles. The van der Waals surface area contributed by atoms with Crippen molar-refractivity contribution in [1.82, 2.24) is 0 Å². The summed E-state index contributed by atoms with van der Waals surface area (Å²) in [5, 5.41) is 19.9. The Bertz CT molecular complexity index is 460. The van der Waals surface area contributed by atoms with Crippen LogP contribution < -0.4 is 0 Å². The van der Waals surface area contributed by atoms with Gasteiger partial charge in [0.1, 0.15) is 12.4 Å². The number of benzene rings is 1. The van der Waals surface area contributed by atoms with E-state index in [0.717, 1.165) is 0 Å². The van der Waals surface area contributed by atoms with Crippen LogP contribution in [0.1, 0.15) is 35.4 Å². The number of ether oxygens (including phenoxy) is 1. The topological polar surface area (TPSA) is 83.8 Å². The van der Waals surface area contributed by atoms with Gasteiger partial charge in [-0.2, -0.15) is 0 Å². The number of hydrogen-bond acceptors (Lipinski definition) is 5. The fraction of sp³-hybridized carbons (Fsp3) is 0.385. The van der Waals surface area contributed by atoms with Crippen molar-refractivity contribution in [3.63, 3.8) is 0 Å². The van der Waals surface area contributed by atoms with E-state index in [-0.39, 0.29) is 23.6 Å². The van der Waals surface area contributed by atoms with Crippen molar-refractivity contribution in [2.24, 2.45) is 0 Å². The Labute approximate surface area is 115 Å². The molecule has 0 heterocycles. The van der Waals surface area contributed by atoms with Crippen LogP contribution in [0.25, 0.3) is 0 Å². The standard InChI is InChI=1S/C13H15ClO5/c1-2-19-12(17)6-11(16)13(18)9-5-8(7-15)3-4-10(9)14/h3-5,7,11,13,16,18H,2,6H2,1H3. The Morgan fingerprint density at radius 3 is 2.74 bits per heavy atom. The fourth-order valence-electron chi connectivity index (χ4n) is 1.57. The first-order valence-electron chi connectivity index (χ1n) is 5.76. The summed E-state index contributed by atoms with van der Waals surface area (Å²) < 4.78 is 4.67. The van der Waals surface area contributed by atoms with Crippen LogP contribution >= 0.6 is 11.6 Å². The lowest BCUT2D eigenvalue weighted by Gasteiger charge is -2.18. The second-order valence-electron chi connectivity index (χ2n) is 3.92. The molecule has 104 valence electrons. The molecule has 0 fully saturated rings. The normalized spacial score (nSPS) is 13.7. The summed E-state index contributed by atoms with van der Waals surface area (Å²) >= 11 is 5.89. The molecule has 0 aromatic heterocycles. The highest BCUT2D eigenvalue weighted by Gasteiger charge is 2.24. The van der Waals surface area contributed by atoms with E-state index >= 15 is 0 Å². The lowest BCUT2D eigenvalue weighted by atomic mass is 10.0. The molecule has 1 aromatic rings. The van der Waals surface area contributed by atoms with Gasteiger partial charge in [0.05, 0.1) is 19.1 Å². The van der Waals surface area contributed by atoms with Crippen molar-refractivity contribution >= 4 is 23.9 Å². The number of carbonyl (C=O) groups is 2. The molecule has 6 heteroatoms. The van der Waals surface area contributed by atoms with Crippen LogP contribution in [0.2, 0.25) is 5.02 Å². The molecule has 0 saturated carbocycles. The van der Waals surface area contributed by atoms with E-state index in [1.54, 1.807) is 6.92 Å². The summed E-state index contributed by atoms with van der Waals surface area (Å²) in [4.78, 5) is 21.9. The maximum atomic E-state index is 11.2.